The number of nitrogens with one attached hydrogen (secondary N) is 8. The lowest BCUT2D eigenvalue weighted by Gasteiger charge is -1.96. The second-order valence-electron chi connectivity index (χ2n) is 12.9. The van der Waals surface area contributed by atoms with Crippen molar-refractivity contribution in [3.05, 3.63) is 185 Å². The molecule has 16 bridgehead atoms. The Morgan fingerprint density at radius 1 is 0.269 bits per heavy atom. The van der Waals surface area contributed by atoms with Gasteiger partial charge in [0.25, 0.3) is 0 Å². The molecule has 0 atom stereocenters. The maximum atomic E-state index is 3.55. The fraction of sp³-hybridized carbons (Fsp3) is 0. The number of fused-ring (bicyclic) bond motifs is 16. The van der Waals surface area contributed by atoms with Gasteiger partial charge in [0.2, 0.25) is 0 Å². The molecule has 52 heavy (non-hydrogen) atoms. The Hall–Kier alpha value is -7.68. The first-order valence-electron chi connectivity index (χ1n) is 17.0. The number of rotatable bonds is 0. The topological polar surface area (TPSA) is 126 Å². The summed E-state index contributed by atoms with van der Waals surface area (Å²) in [6, 6.07) is 33.1. The molecule has 8 aromatic heterocycles. The van der Waals surface area contributed by atoms with Crippen LogP contribution in [-0.2, 0) is 0 Å². The van der Waals surface area contributed by atoms with Crippen LogP contribution < -0.4 is 42.8 Å². The lowest BCUT2D eigenvalue weighted by molar-refractivity contribution is 1.22. The van der Waals surface area contributed by atoms with Crippen LogP contribution in [0.2, 0.25) is 0 Å². The van der Waals surface area contributed by atoms with Gasteiger partial charge in [0.15, 0.2) is 0 Å². The zero-order valence-corrected chi connectivity index (χ0v) is 27.7. The van der Waals surface area contributed by atoms with Gasteiger partial charge in [0.05, 0.1) is 33.2 Å². The van der Waals surface area contributed by atoms with Crippen LogP contribution in [0.1, 0.15) is 45.6 Å². The first-order valence-corrected chi connectivity index (χ1v) is 17.0. The van der Waals surface area contributed by atoms with Gasteiger partial charge in [-0.1, -0.05) is 0 Å². The molecule has 0 saturated heterocycles. The third kappa shape index (κ3) is 5.83. The van der Waals surface area contributed by atoms with E-state index in [4.69, 9.17) is 0 Å². The van der Waals surface area contributed by atoms with Crippen LogP contribution in [-0.4, -0.2) is 39.9 Å². The summed E-state index contributed by atoms with van der Waals surface area (Å²) in [5, 5.41) is 7.76. The first-order chi connectivity index (χ1) is 25.6. The van der Waals surface area contributed by atoms with Crippen molar-refractivity contribution in [3.63, 3.8) is 0 Å². The molecule has 246 valence electrons. The van der Waals surface area contributed by atoms with Crippen LogP contribution >= 0.6 is 0 Å². The van der Waals surface area contributed by atoms with Crippen molar-refractivity contribution in [1.82, 2.24) is 39.9 Å². The molecule has 0 fully saturated rings. The van der Waals surface area contributed by atoms with Crippen LogP contribution in [0.15, 0.2) is 97.1 Å². The second kappa shape index (κ2) is 12.0. The molecule has 10 rings (SSSR count). The van der Waals surface area contributed by atoms with Gasteiger partial charge in [-0.2, -0.15) is 0 Å². The number of aromatic nitrogens is 8. The van der Waals surface area contributed by atoms with E-state index in [2.05, 4.69) is 197 Å². The second-order valence-corrected chi connectivity index (χ2v) is 12.9. The summed E-state index contributed by atoms with van der Waals surface area (Å²) in [7, 11) is 0. The molecule has 2 aliphatic rings. The number of hydrogen-bond acceptors (Lipinski definition) is 0. The lowest BCUT2D eigenvalue weighted by Crippen LogP contribution is -2.13. The summed E-state index contributed by atoms with van der Waals surface area (Å²) in [6.07, 6.45) is 12.5. The van der Waals surface area contributed by atoms with Gasteiger partial charge >= 0.3 is 0 Å². The van der Waals surface area contributed by atoms with E-state index < -0.39 is 0 Å². The minimum Gasteiger partial charge on any atom is -0.355 e. The Kier molecular flexibility index (Phi) is 6.77. The molecule has 8 N–H and O–H groups in total. The molecular weight excluding hydrogens is 641 g/mol. The van der Waals surface area contributed by atoms with Crippen LogP contribution in [0.5, 0.6) is 0 Å². The highest BCUT2D eigenvalue weighted by atomic mass is 14.8. The van der Waals surface area contributed by atoms with Crippen molar-refractivity contribution in [2.24, 2.45) is 0 Å². The molecule has 0 aromatic carbocycles. The molecule has 0 amide bonds. The van der Waals surface area contributed by atoms with Crippen molar-refractivity contribution < 1.29 is 0 Å². The highest BCUT2D eigenvalue weighted by molar-refractivity contribution is 5.80. The van der Waals surface area contributed by atoms with Gasteiger partial charge < -0.3 is 39.9 Å². The van der Waals surface area contributed by atoms with Crippen molar-refractivity contribution in [3.8, 4) is 23.7 Å². The SMILES string of the molecule is C(C#CC1=c2ccc([nH]2)=Cc2ccc([nH]2)C=c2ccc([nH]2)=Cc2ccc1[nH]2)#CC1=c2ccc([nH]2)=Cc2ccc([nH]2)C=c2ccc([nH]2)=Cc2ccc1[nH]2. The lowest BCUT2D eigenvalue weighted by atomic mass is 10.1. The van der Waals surface area contributed by atoms with Gasteiger partial charge in [-0.25, -0.2) is 0 Å². The quantitative estimate of drug-likeness (QED) is 0.110. The predicted molar refractivity (Wildman–Crippen MR) is 205 cm³/mol. The Morgan fingerprint density at radius 3 is 0.962 bits per heavy atom. The third-order valence-electron chi connectivity index (χ3n) is 9.14. The Bertz CT molecular complexity index is 3100. The zero-order chi connectivity index (χ0) is 34.4. The van der Waals surface area contributed by atoms with Crippen LogP contribution in [0.4, 0.5) is 0 Å². The van der Waals surface area contributed by atoms with Gasteiger partial charge in [-0.05, 0) is 157 Å². The molecule has 0 spiro atoms. The van der Waals surface area contributed by atoms with Gasteiger partial charge in [0, 0.05) is 66.3 Å². The fourth-order valence-electron chi connectivity index (χ4n) is 6.71. The van der Waals surface area contributed by atoms with E-state index in [9.17, 15) is 0 Å². The normalized spacial score (nSPS) is 12.8. The number of H-pyrrole nitrogens is 8. The molecule has 10 heterocycles. The van der Waals surface area contributed by atoms with E-state index in [1.54, 1.807) is 0 Å². The molecule has 8 aromatic rings. The average molecular weight is 671 g/mol. The molecule has 0 saturated carbocycles. The molecule has 0 unspecified atom stereocenters. The Labute approximate surface area is 295 Å². The van der Waals surface area contributed by atoms with Crippen molar-refractivity contribution in [2.75, 3.05) is 0 Å². The molecule has 8 heteroatoms. The molecule has 0 radical (unpaired) electrons. The predicted octanol–water partition coefficient (Wildman–Crippen LogP) is 1.02. The van der Waals surface area contributed by atoms with Crippen molar-refractivity contribution in [1.29, 1.82) is 0 Å². The van der Waals surface area contributed by atoms with Crippen LogP contribution in [0, 0.1) is 23.7 Å². The van der Waals surface area contributed by atoms with Crippen molar-refractivity contribution >= 4 is 47.6 Å². The van der Waals surface area contributed by atoms with E-state index in [1.807, 2.05) is 0 Å². The molecule has 0 aliphatic carbocycles. The fourth-order valence-corrected chi connectivity index (χ4v) is 6.71. The zero-order valence-electron chi connectivity index (χ0n) is 27.7. The standard InChI is InChI=1S/C44H30N8/c1(3-39-41-17-13-35(49-41)23-31-9-5-27(45-31)21-28-6-10-32(46-28)24-36-14-18-42(39)50-36)2-4-40-43-19-15-37(51-43)25-33-11-7-29(47-33)22-30-8-12-34(48-30)26-38-16-20-44(40)52-38/h5-26,45-52H. The Morgan fingerprint density at radius 2 is 0.577 bits per heavy atom. The van der Waals surface area contributed by atoms with Crippen LogP contribution in [0.25, 0.3) is 47.6 Å². The highest BCUT2D eigenvalue weighted by Crippen LogP contribution is 2.13. The van der Waals surface area contributed by atoms with E-state index in [0.29, 0.717) is 0 Å². The molecular formula is C44H30N8. The Balaban J connectivity index is 1.11. The number of hydrogen-bond donors (Lipinski definition) is 8. The maximum absolute atomic E-state index is 3.55. The van der Waals surface area contributed by atoms with Crippen molar-refractivity contribution in [2.45, 2.75) is 0 Å². The van der Waals surface area contributed by atoms with Gasteiger partial charge in [-0.3, -0.25) is 0 Å². The van der Waals surface area contributed by atoms with E-state index in [0.717, 1.165) is 99.5 Å². The smallest absolute Gasteiger partial charge is 0.0725 e. The minimum atomic E-state index is 0.817. The van der Waals surface area contributed by atoms with E-state index >= 15 is 0 Å². The van der Waals surface area contributed by atoms with E-state index in [-0.39, 0.29) is 0 Å². The summed E-state index contributed by atoms with van der Waals surface area (Å²) < 4.78 is 0. The summed E-state index contributed by atoms with van der Waals surface area (Å²) in [6.45, 7) is 0. The monoisotopic (exact) mass is 670 g/mol. The summed E-state index contributed by atoms with van der Waals surface area (Å²) in [5.74, 6) is 13.1. The summed E-state index contributed by atoms with van der Waals surface area (Å²) in [4.78, 5) is 28.1. The van der Waals surface area contributed by atoms with Crippen LogP contribution in [0.3, 0.4) is 0 Å². The largest absolute Gasteiger partial charge is 0.355 e. The summed E-state index contributed by atoms with van der Waals surface area (Å²) >= 11 is 0. The summed E-state index contributed by atoms with van der Waals surface area (Å²) in [5.41, 5.74) is 9.39. The maximum Gasteiger partial charge on any atom is 0.0725 e. The number of aromatic amines is 8. The third-order valence-corrected chi connectivity index (χ3v) is 9.14. The minimum absolute atomic E-state index is 0.817. The highest BCUT2D eigenvalue weighted by Gasteiger charge is 2.07. The first kappa shape index (κ1) is 29.3. The van der Waals surface area contributed by atoms with Gasteiger partial charge in [-0.15, -0.1) is 0 Å². The molecule has 8 nitrogen and oxygen atoms in total. The average Bonchev–Trinajstić information content (AvgIpc) is 3.97. The van der Waals surface area contributed by atoms with Gasteiger partial charge in [0.1, 0.15) is 0 Å². The molecule has 2 aliphatic heterocycles. The van der Waals surface area contributed by atoms with E-state index in [1.165, 1.54) is 0 Å².